The summed E-state index contributed by atoms with van der Waals surface area (Å²) in [7, 11) is 0. The van der Waals surface area contributed by atoms with E-state index in [1.165, 1.54) is 44.9 Å². The summed E-state index contributed by atoms with van der Waals surface area (Å²) in [4.78, 5) is 11.9. The van der Waals surface area contributed by atoms with E-state index in [4.69, 9.17) is 4.74 Å². The largest absolute Gasteiger partial charge is 0.444 e. The standard InChI is InChI=1S/C18H36N2O2/c1-6-7-10-14(2)20-16(15-11-8-9-12-15)13-19-17(21)22-18(3,4)5/h14-16,20H,6-13H2,1-5H3,(H,19,21). The van der Waals surface area contributed by atoms with E-state index in [9.17, 15) is 4.79 Å². The van der Waals surface area contributed by atoms with Crippen LogP contribution in [-0.4, -0.2) is 30.3 Å². The number of ether oxygens (including phenoxy) is 1. The van der Waals surface area contributed by atoms with Crippen LogP contribution in [0.15, 0.2) is 0 Å². The molecule has 0 aromatic carbocycles. The smallest absolute Gasteiger partial charge is 0.407 e. The number of rotatable bonds is 8. The molecule has 2 atom stereocenters. The minimum absolute atomic E-state index is 0.307. The summed E-state index contributed by atoms with van der Waals surface area (Å²) < 4.78 is 5.34. The summed E-state index contributed by atoms with van der Waals surface area (Å²) in [5.41, 5.74) is -0.436. The van der Waals surface area contributed by atoms with Gasteiger partial charge in [0.25, 0.3) is 0 Å². The van der Waals surface area contributed by atoms with E-state index >= 15 is 0 Å². The first-order chi connectivity index (χ1) is 10.3. The van der Waals surface area contributed by atoms with Crippen LogP contribution in [0.2, 0.25) is 0 Å². The lowest BCUT2D eigenvalue weighted by atomic mass is 9.96. The molecule has 2 N–H and O–H groups in total. The van der Waals surface area contributed by atoms with Crippen molar-refractivity contribution in [3.05, 3.63) is 0 Å². The van der Waals surface area contributed by atoms with Crippen molar-refractivity contribution >= 4 is 6.09 Å². The number of carbonyl (C=O) groups is 1. The SMILES string of the molecule is CCCCC(C)NC(CNC(=O)OC(C)(C)C)C1CCCC1. The first-order valence-corrected chi connectivity index (χ1v) is 9.04. The van der Waals surface area contributed by atoms with E-state index in [1.54, 1.807) is 0 Å². The van der Waals surface area contributed by atoms with Crippen LogP contribution in [0.3, 0.4) is 0 Å². The number of hydrogen-bond donors (Lipinski definition) is 2. The monoisotopic (exact) mass is 312 g/mol. The van der Waals surface area contributed by atoms with Gasteiger partial charge in [0.05, 0.1) is 0 Å². The average Bonchev–Trinajstić information content (AvgIpc) is 2.93. The first-order valence-electron chi connectivity index (χ1n) is 9.04. The fraction of sp³-hybridized carbons (Fsp3) is 0.944. The number of nitrogens with one attached hydrogen (secondary N) is 2. The molecule has 130 valence electrons. The van der Waals surface area contributed by atoms with Crippen molar-refractivity contribution in [2.45, 2.75) is 97.2 Å². The topological polar surface area (TPSA) is 50.4 Å². The van der Waals surface area contributed by atoms with Crippen LogP contribution < -0.4 is 10.6 Å². The van der Waals surface area contributed by atoms with Crippen molar-refractivity contribution in [2.24, 2.45) is 5.92 Å². The van der Waals surface area contributed by atoms with Crippen LogP contribution in [0.4, 0.5) is 4.79 Å². The van der Waals surface area contributed by atoms with Gasteiger partial charge < -0.3 is 15.4 Å². The summed E-state index contributed by atoms with van der Waals surface area (Å²) in [6, 6.07) is 0.868. The van der Waals surface area contributed by atoms with Crippen molar-refractivity contribution < 1.29 is 9.53 Å². The fourth-order valence-electron chi connectivity index (χ4n) is 3.19. The van der Waals surface area contributed by atoms with Crippen molar-refractivity contribution in [2.75, 3.05) is 6.54 Å². The molecule has 1 saturated carbocycles. The van der Waals surface area contributed by atoms with Gasteiger partial charge in [-0.05, 0) is 52.9 Å². The van der Waals surface area contributed by atoms with E-state index in [0.717, 1.165) is 0 Å². The molecule has 1 rings (SSSR count). The molecule has 0 saturated heterocycles. The molecule has 0 aromatic rings. The van der Waals surface area contributed by atoms with Gasteiger partial charge in [-0.2, -0.15) is 0 Å². The minimum atomic E-state index is -0.436. The van der Waals surface area contributed by atoms with Crippen molar-refractivity contribution in [3.63, 3.8) is 0 Å². The zero-order valence-electron chi connectivity index (χ0n) is 15.2. The van der Waals surface area contributed by atoms with Crippen LogP contribution in [0.25, 0.3) is 0 Å². The van der Waals surface area contributed by atoms with Gasteiger partial charge in [0.15, 0.2) is 0 Å². The molecular formula is C18H36N2O2. The molecule has 4 heteroatoms. The number of unbranched alkanes of at least 4 members (excludes halogenated alkanes) is 1. The Morgan fingerprint density at radius 3 is 2.45 bits per heavy atom. The van der Waals surface area contributed by atoms with Crippen LogP contribution >= 0.6 is 0 Å². The van der Waals surface area contributed by atoms with Crippen molar-refractivity contribution in [1.82, 2.24) is 10.6 Å². The van der Waals surface area contributed by atoms with Crippen LogP contribution in [0.1, 0.15) is 79.6 Å². The zero-order valence-corrected chi connectivity index (χ0v) is 15.2. The quantitative estimate of drug-likeness (QED) is 0.705. The molecule has 1 aliphatic rings. The van der Waals surface area contributed by atoms with E-state index < -0.39 is 5.60 Å². The Morgan fingerprint density at radius 1 is 1.27 bits per heavy atom. The summed E-state index contributed by atoms with van der Waals surface area (Å²) in [5, 5.41) is 6.70. The van der Waals surface area contributed by atoms with Gasteiger partial charge in [-0.3, -0.25) is 0 Å². The zero-order chi connectivity index (χ0) is 16.6. The second-order valence-corrected chi connectivity index (χ2v) is 7.74. The molecule has 0 aliphatic heterocycles. The highest BCUT2D eigenvalue weighted by Gasteiger charge is 2.27. The highest BCUT2D eigenvalue weighted by molar-refractivity contribution is 5.67. The maximum atomic E-state index is 11.9. The summed E-state index contributed by atoms with van der Waals surface area (Å²) in [5.74, 6) is 0.680. The lowest BCUT2D eigenvalue weighted by Crippen LogP contribution is -2.49. The Hall–Kier alpha value is -0.770. The number of hydrogen-bond acceptors (Lipinski definition) is 3. The van der Waals surface area contributed by atoms with E-state index in [-0.39, 0.29) is 6.09 Å². The average molecular weight is 312 g/mol. The van der Waals surface area contributed by atoms with Gasteiger partial charge in [-0.1, -0.05) is 32.6 Å². The van der Waals surface area contributed by atoms with Gasteiger partial charge in [-0.15, -0.1) is 0 Å². The molecule has 1 aliphatic carbocycles. The van der Waals surface area contributed by atoms with Crippen molar-refractivity contribution in [1.29, 1.82) is 0 Å². The molecule has 2 unspecified atom stereocenters. The minimum Gasteiger partial charge on any atom is -0.444 e. The lowest BCUT2D eigenvalue weighted by molar-refractivity contribution is 0.0517. The third-order valence-electron chi connectivity index (χ3n) is 4.32. The second kappa shape index (κ2) is 9.39. The summed E-state index contributed by atoms with van der Waals surface area (Å²) in [6.45, 7) is 10.8. The number of amides is 1. The maximum absolute atomic E-state index is 11.9. The summed E-state index contributed by atoms with van der Waals surface area (Å²) >= 11 is 0. The highest BCUT2D eigenvalue weighted by atomic mass is 16.6. The molecule has 4 nitrogen and oxygen atoms in total. The van der Waals surface area contributed by atoms with Gasteiger partial charge in [0.2, 0.25) is 0 Å². The third kappa shape index (κ3) is 8.02. The molecule has 0 bridgehead atoms. The Bertz CT molecular complexity index is 320. The Kier molecular flexibility index (Phi) is 8.23. The van der Waals surface area contributed by atoms with Gasteiger partial charge in [0, 0.05) is 18.6 Å². The molecule has 1 fully saturated rings. The molecular weight excluding hydrogens is 276 g/mol. The van der Waals surface area contributed by atoms with Gasteiger partial charge >= 0.3 is 6.09 Å². The molecule has 0 heterocycles. The predicted octanol–water partition coefficient (Wildman–Crippen LogP) is 4.24. The molecule has 0 aromatic heterocycles. The van der Waals surface area contributed by atoms with E-state index in [2.05, 4.69) is 24.5 Å². The van der Waals surface area contributed by atoms with Crippen LogP contribution in [0, 0.1) is 5.92 Å². The fourth-order valence-corrected chi connectivity index (χ4v) is 3.19. The molecule has 0 radical (unpaired) electrons. The van der Waals surface area contributed by atoms with Gasteiger partial charge in [0.1, 0.15) is 5.60 Å². The molecule has 22 heavy (non-hydrogen) atoms. The molecule has 0 spiro atoms. The van der Waals surface area contributed by atoms with Crippen molar-refractivity contribution in [3.8, 4) is 0 Å². The van der Waals surface area contributed by atoms with Gasteiger partial charge in [-0.25, -0.2) is 4.79 Å². The Balaban J connectivity index is 2.46. The van der Waals surface area contributed by atoms with E-state index in [0.29, 0.717) is 24.5 Å². The van der Waals surface area contributed by atoms with Crippen LogP contribution in [-0.2, 0) is 4.74 Å². The Labute approximate surface area is 136 Å². The molecule has 1 amide bonds. The predicted molar refractivity (Wildman–Crippen MR) is 92.1 cm³/mol. The second-order valence-electron chi connectivity index (χ2n) is 7.74. The third-order valence-corrected chi connectivity index (χ3v) is 4.32. The maximum Gasteiger partial charge on any atom is 0.407 e. The number of alkyl carbamates (subject to hydrolysis) is 1. The number of carbonyl (C=O) groups excluding carboxylic acids is 1. The summed E-state index contributed by atoms with van der Waals surface area (Å²) in [6.07, 6.45) is 8.56. The first kappa shape index (κ1) is 19.3. The van der Waals surface area contributed by atoms with Crippen LogP contribution in [0.5, 0.6) is 0 Å². The Morgan fingerprint density at radius 2 is 1.91 bits per heavy atom. The normalized spacial score (nSPS) is 19.0. The highest BCUT2D eigenvalue weighted by Crippen LogP contribution is 2.28. The lowest BCUT2D eigenvalue weighted by Gasteiger charge is -2.29. The van der Waals surface area contributed by atoms with E-state index in [1.807, 2.05) is 20.8 Å².